The average molecular weight is 314 g/mol. The second-order valence-electron chi connectivity index (χ2n) is 7.19. The molecule has 1 aromatic rings. The Morgan fingerprint density at radius 3 is 2.61 bits per heavy atom. The Morgan fingerprint density at radius 1 is 1.22 bits per heavy atom. The van der Waals surface area contributed by atoms with E-state index in [1.54, 1.807) is 10.9 Å². The highest BCUT2D eigenvalue weighted by atomic mass is 16.2. The molecule has 5 atom stereocenters. The molecule has 6 heteroatoms. The van der Waals surface area contributed by atoms with Crippen LogP contribution in [0.3, 0.4) is 0 Å². The molecule has 1 aromatic heterocycles. The molecule has 2 bridgehead atoms. The third kappa shape index (κ3) is 2.36. The zero-order chi connectivity index (χ0) is 16.1. The van der Waals surface area contributed by atoms with Gasteiger partial charge in [0.2, 0.25) is 11.8 Å². The van der Waals surface area contributed by atoms with Crippen molar-refractivity contribution in [2.24, 2.45) is 36.5 Å². The van der Waals surface area contributed by atoms with E-state index in [1.165, 1.54) is 0 Å². The molecular formula is C17H22N4O2. The number of hydrogen-bond donors (Lipinski definition) is 1. The van der Waals surface area contributed by atoms with Crippen LogP contribution in [0.2, 0.25) is 0 Å². The van der Waals surface area contributed by atoms with Crippen LogP contribution in [0, 0.1) is 23.7 Å². The Kier molecular flexibility index (Phi) is 3.28. The SMILES string of the molecule is Cn1cc([C@H]2CN(C(=O)C3CC4C=CC3C4)C[C@@H]2C(N)=O)cn1. The van der Waals surface area contributed by atoms with Gasteiger partial charge in [0.15, 0.2) is 0 Å². The fourth-order valence-corrected chi connectivity index (χ4v) is 4.54. The number of nitrogens with zero attached hydrogens (tertiary/aromatic N) is 3. The number of rotatable bonds is 3. The molecule has 3 unspecified atom stereocenters. The average Bonchev–Trinajstić information content (AvgIpc) is 3.28. The van der Waals surface area contributed by atoms with Crippen molar-refractivity contribution in [1.29, 1.82) is 0 Å². The summed E-state index contributed by atoms with van der Waals surface area (Å²) in [4.78, 5) is 26.6. The molecule has 1 saturated heterocycles. The Balaban J connectivity index is 1.53. The molecule has 23 heavy (non-hydrogen) atoms. The van der Waals surface area contributed by atoms with Crippen molar-refractivity contribution in [1.82, 2.24) is 14.7 Å². The van der Waals surface area contributed by atoms with Crippen molar-refractivity contribution in [2.45, 2.75) is 18.8 Å². The minimum absolute atomic E-state index is 0.0423. The van der Waals surface area contributed by atoms with Crippen LogP contribution in [0.4, 0.5) is 0 Å². The topological polar surface area (TPSA) is 81.2 Å². The number of likely N-dealkylation sites (tertiary alicyclic amines) is 1. The summed E-state index contributed by atoms with van der Waals surface area (Å²) in [5.41, 5.74) is 6.58. The maximum atomic E-state index is 12.9. The molecule has 0 aromatic carbocycles. The number of fused-ring (bicyclic) bond motifs is 2. The first-order valence-corrected chi connectivity index (χ1v) is 8.28. The monoisotopic (exact) mass is 314 g/mol. The molecule has 1 saturated carbocycles. The number of aryl methyl sites for hydroxylation is 1. The number of allylic oxidation sites excluding steroid dienone is 2. The standard InChI is InChI=1S/C17H22N4O2/c1-20-7-12(6-19-20)14-8-21(9-15(14)16(18)22)17(23)13-5-10-2-3-11(13)4-10/h2-3,6-7,10-11,13-15H,4-5,8-9H2,1H3,(H2,18,22)/t10?,11?,13?,14-,15+/m1/s1. The van der Waals surface area contributed by atoms with Crippen LogP contribution >= 0.6 is 0 Å². The summed E-state index contributed by atoms with van der Waals surface area (Å²) >= 11 is 0. The zero-order valence-corrected chi connectivity index (χ0v) is 13.3. The molecule has 3 aliphatic rings. The van der Waals surface area contributed by atoms with Crippen LogP contribution in [-0.4, -0.2) is 39.6 Å². The number of carbonyl (C=O) groups excluding carboxylic acids is 2. The van der Waals surface area contributed by atoms with Gasteiger partial charge in [-0.3, -0.25) is 14.3 Å². The highest BCUT2D eigenvalue weighted by Gasteiger charge is 2.46. The van der Waals surface area contributed by atoms with Gasteiger partial charge in [0.1, 0.15) is 0 Å². The van der Waals surface area contributed by atoms with Gasteiger partial charge >= 0.3 is 0 Å². The second-order valence-corrected chi connectivity index (χ2v) is 7.19. The van der Waals surface area contributed by atoms with Gasteiger partial charge in [-0.2, -0.15) is 5.10 Å². The lowest BCUT2D eigenvalue weighted by atomic mass is 9.90. The lowest BCUT2D eigenvalue weighted by Crippen LogP contribution is -2.37. The predicted molar refractivity (Wildman–Crippen MR) is 84.1 cm³/mol. The van der Waals surface area contributed by atoms with E-state index >= 15 is 0 Å². The lowest BCUT2D eigenvalue weighted by molar-refractivity contribution is -0.135. The van der Waals surface area contributed by atoms with E-state index < -0.39 is 0 Å². The van der Waals surface area contributed by atoms with Gasteiger partial charge in [0.25, 0.3) is 0 Å². The minimum atomic E-state index is -0.331. The Bertz CT molecular complexity index is 680. The number of aromatic nitrogens is 2. The molecule has 2 N–H and O–H groups in total. The summed E-state index contributed by atoms with van der Waals surface area (Å²) in [6.07, 6.45) is 10.2. The van der Waals surface area contributed by atoms with Gasteiger partial charge in [-0.05, 0) is 30.2 Å². The van der Waals surface area contributed by atoms with Crippen molar-refractivity contribution in [3.05, 3.63) is 30.1 Å². The van der Waals surface area contributed by atoms with Gasteiger partial charge in [0, 0.05) is 38.2 Å². The highest BCUT2D eigenvalue weighted by molar-refractivity contribution is 5.84. The molecule has 2 heterocycles. The molecule has 0 spiro atoms. The molecule has 4 rings (SSSR count). The predicted octanol–water partition coefficient (Wildman–Crippen LogP) is 0.660. The summed E-state index contributed by atoms with van der Waals surface area (Å²) in [5, 5.41) is 4.19. The fraction of sp³-hybridized carbons (Fsp3) is 0.588. The van der Waals surface area contributed by atoms with Crippen LogP contribution in [0.5, 0.6) is 0 Å². The van der Waals surface area contributed by atoms with Gasteiger partial charge in [-0.15, -0.1) is 0 Å². The van der Waals surface area contributed by atoms with Crippen molar-refractivity contribution in [3.8, 4) is 0 Å². The van der Waals surface area contributed by atoms with Crippen LogP contribution in [0.25, 0.3) is 0 Å². The van der Waals surface area contributed by atoms with Crippen LogP contribution in [-0.2, 0) is 16.6 Å². The van der Waals surface area contributed by atoms with Gasteiger partial charge in [0.05, 0.1) is 12.1 Å². The van der Waals surface area contributed by atoms with E-state index in [1.807, 2.05) is 18.1 Å². The van der Waals surface area contributed by atoms with Gasteiger partial charge in [-0.1, -0.05) is 12.2 Å². The summed E-state index contributed by atoms with van der Waals surface area (Å²) in [6, 6.07) is 0. The third-order valence-electron chi connectivity index (χ3n) is 5.75. The smallest absolute Gasteiger partial charge is 0.226 e. The molecular weight excluding hydrogens is 292 g/mol. The van der Waals surface area contributed by atoms with E-state index in [-0.39, 0.29) is 29.6 Å². The quantitative estimate of drug-likeness (QED) is 0.832. The van der Waals surface area contributed by atoms with Crippen LogP contribution in [0.15, 0.2) is 24.5 Å². The van der Waals surface area contributed by atoms with Crippen molar-refractivity contribution >= 4 is 11.8 Å². The maximum Gasteiger partial charge on any atom is 0.226 e. The molecule has 0 radical (unpaired) electrons. The molecule has 2 fully saturated rings. The molecule has 2 aliphatic carbocycles. The highest BCUT2D eigenvalue weighted by Crippen LogP contribution is 2.45. The number of carbonyl (C=O) groups is 2. The number of hydrogen-bond acceptors (Lipinski definition) is 3. The van der Waals surface area contributed by atoms with E-state index in [0.717, 1.165) is 18.4 Å². The summed E-state index contributed by atoms with van der Waals surface area (Å²) < 4.78 is 1.72. The first kappa shape index (κ1) is 14.5. The summed E-state index contributed by atoms with van der Waals surface area (Å²) in [7, 11) is 1.85. The van der Waals surface area contributed by atoms with Crippen LogP contribution < -0.4 is 5.73 Å². The minimum Gasteiger partial charge on any atom is -0.369 e. The maximum absolute atomic E-state index is 12.9. The zero-order valence-electron chi connectivity index (χ0n) is 13.3. The van der Waals surface area contributed by atoms with Gasteiger partial charge in [-0.25, -0.2) is 0 Å². The normalized spacial score (nSPS) is 35.2. The Morgan fingerprint density at radius 2 is 2.04 bits per heavy atom. The molecule has 6 nitrogen and oxygen atoms in total. The first-order chi connectivity index (χ1) is 11.0. The lowest BCUT2D eigenvalue weighted by Gasteiger charge is -2.24. The van der Waals surface area contributed by atoms with E-state index in [4.69, 9.17) is 5.73 Å². The Hall–Kier alpha value is -2.11. The largest absolute Gasteiger partial charge is 0.369 e. The molecule has 122 valence electrons. The molecule has 1 aliphatic heterocycles. The number of nitrogens with two attached hydrogens (primary N) is 1. The van der Waals surface area contributed by atoms with Crippen LogP contribution in [0.1, 0.15) is 24.3 Å². The first-order valence-electron chi connectivity index (χ1n) is 8.28. The summed E-state index contributed by atoms with van der Waals surface area (Å²) in [5.74, 6) is 0.541. The van der Waals surface area contributed by atoms with E-state index in [0.29, 0.717) is 24.9 Å². The van der Waals surface area contributed by atoms with Crippen molar-refractivity contribution in [3.63, 3.8) is 0 Å². The van der Waals surface area contributed by atoms with E-state index in [2.05, 4.69) is 17.3 Å². The fourth-order valence-electron chi connectivity index (χ4n) is 4.54. The van der Waals surface area contributed by atoms with E-state index in [9.17, 15) is 9.59 Å². The second kappa shape index (κ2) is 5.22. The van der Waals surface area contributed by atoms with Gasteiger partial charge < -0.3 is 10.6 Å². The number of primary amides is 1. The third-order valence-corrected chi connectivity index (χ3v) is 5.75. The molecule has 2 amide bonds. The summed E-state index contributed by atoms with van der Waals surface area (Å²) in [6.45, 7) is 1.00. The van der Waals surface area contributed by atoms with Crippen molar-refractivity contribution < 1.29 is 9.59 Å². The van der Waals surface area contributed by atoms with Crippen molar-refractivity contribution in [2.75, 3.05) is 13.1 Å². The Labute approximate surface area is 135 Å². The number of amides is 2.